The standard InChI is InChI=1S/C29H27ClFN5O5/c30-20-6-4-19(22(31)13-20)17-41-27-3-1-2-25(33-27)34-9-10-35(28(37)16-34)15-26-32-23-7-5-18(29(38)39)12-24(23)36(26)14-21-8-11-40-21/h1-7,12-13,21H,8-11,14-17H2,(H,38,39). The topological polar surface area (TPSA) is 110 Å². The number of anilines is 1. The summed E-state index contributed by atoms with van der Waals surface area (Å²) < 4.78 is 27.4. The van der Waals surface area contributed by atoms with E-state index in [0.29, 0.717) is 71.9 Å². The molecule has 2 aromatic carbocycles. The molecule has 4 aromatic rings. The van der Waals surface area contributed by atoms with E-state index < -0.39 is 11.8 Å². The maximum atomic E-state index is 14.1. The average Bonchev–Trinajstić information content (AvgIpc) is 3.27. The van der Waals surface area contributed by atoms with E-state index in [2.05, 4.69) is 4.98 Å². The van der Waals surface area contributed by atoms with E-state index in [9.17, 15) is 19.1 Å². The third-order valence-corrected chi connectivity index (χ3v) is 7.56. The van der Waals surface area contributed by atoms with Gasteiger partial charge in [0.2, 0.25) is 11.8 Å². The van der Waals surface area contributed by atoms with Crippen molar-refractivity contribution in [3.8, 4) is 5.88 Å². The quantitative estimate of drug-likeness (QED) is 0.315. The molecule has 41 heavy (non-hydrogen) atoms. The van der Waals surface area contributed by atoms with Crippen molar-refractivity contribution in [3.63, 3.8) is 0 Å². The number of aromatic carboxylic acids is 1. The molecule has 1 unspecified atom stereocenters. The minimum Gasteiger partial charge on any atom is -0.478 e. The van der Waals surface area contributed by atoms with Gasteiger partial charge in [0.15, 0.2) is 0 Å². The van der Waals surface area contributed by atoms with Crippen LogP contribution in [0, 0.1) is 5.82 Å². The van der Waals surface area contributed by atoms with Gasteiger partial charge >= 0.3 is 5.97 Å². The van der Waals surface area contributed by atoms with E-state index in [1.54, 1.807) is 47.4 Å². The van der Waals surface area contributed by atoms with E-state index in [4.69, 9.17) is 26.1 Å². The third-order valence-electron chi connectivity index (χ3n) is 7.33. The molecule has 0 radical (unpaired) electrons. The van der Waals surface area contributed by atoms with Gasteiger partial charge in [0.05, 0.1) is 42.3 Å². The van der Waals surface area contributed by atoms with Crippen LogP contribution < -0.4 is 9.64 Å². The number of amides is 1. The lowest BCUT2D eigenvalue weighted by molar-refractivity contribution is -0.131. The Bertz CT molecular complexity index is 1620. The van der Waals surface area contributed by atoms with Crippen LogP contribution in [-0.4, -0.2) is 68.8 Å². The Kier molecular flexibility index (Phi) is 7.46. The van der Waals surface area contributed by atoms with Crippen LogP contribution in [-0.2, 0) is 29.2 Å². The number of aromatic nitrogens is 3. The van der Waals surface area contributed by atoms with Crippen LogP contribution in [0.5, 0.6) is 5.88 Å². The molecule has 2 aliphatic rings. The number of imidazole rings is 1. The first kappa shape index (κ1) is 27.0. The van der Waals surface area contributed by atoms with Crippen molar-refractivity contribution in [2.24, 2.45) is 0 Å². The highest BCUT2D eigenvalue weighted by atomic mass is 35.5. The Morgan fingerprint density at radius 3 is 2.73 bits per heavy atom. The zero-order chi connectivity index (χ0) is 28.5. The van der Waals surface area contributed by atoms with Gasteiger partial charge in [-0.05, 0) is 42.8 Å². The smallest absolute Gasteiger partial charge is 0.335 e. The average molecular weight is 580 g/mol. The second-order valence-corrected chi connectivity index (χ2v) is 10.5. The molecule has 0 saturated carbocycles. The van der Waals surface area contributed by atoms with Gasteiger partial charge in [-0.25, -0.2) is 14.2 Å². The van der Waals surface area contributed by atoms with Gasteiger partial charge in [-0.1, -0.05) is 23.7 Å². The van der Waals surface area contributed by atoms with Gasteiger partial charge < -0.3 is 28.9 Å². The molecule has 2 aromatic heterocycles. The molecule has 0 bridgehead atoms. The minimum absolute atomic E-state index is 0.00692. The summed E-state index contributed by atoms with van der Waals surface area (Å²) >= 11 is 5.82. The molecule has 2 fully saturated rings. The number of ether oxygens (including phenoxy) is 2. The fraction of sp³-hybridized carbons (Fsp3) is 0.310. The molecular weight excluding hydrogens is 553 g/mol. The second kappa shape index (κ2) is 11.3. The summed E-state index contributed by atoms with van der Waals surface area (Å²) in [6.07, 6.45) is 0.948. The number of hydrogen-bond acceptors (Lipinski definition) is 7. The number of fused-ring (bicyclic) bond motifs is 1. The van der Waals surface area contributed by atoms with Crippen LogP contribution in [0.25, 0.3) is 11.0 Å². The number of carboxylic acid groups (broad SMARTS) is 1. The summed E-state index contributed by atoms with van der Waals surface area (Å²) in [5.41, 5.74) is 1.93. The summed E-state index contributed by atoms with van der Waals surface area (Å²) in [6, 6.07) is 14.5. The Morgan fingerprint density at radius 2 is 2.00 bits per heavy atom. The summed E-state index contributed by atoms with van der Waals surface area (Å²) in [5.74, 6) is 0.0428. The Balaban J connectivity index is 1.14. The lowest BCUT2D eigenvalue weighted by atomic mass is 10.1. The summed E-state index contributed by atoms with van der Waals surface area (Å²) in [4.78, 5) is 37.7. The summed E-state index contributed by atoms with van der Waals surface area (Å²) in [5, 5.41) is 9.78. The second-order valence-electron chi connectivity index (χ2n) is 10.0. The van der Waals surface area contributed by atoms with Gasteiger partial charge in [0.25, 0.3) is 0 Å². The molecule has 6 rings (SSSR count). The predicted octanol–water partition coefficient (Wildman–Crippen LogP) is 4.14. The largest absolute Gasteiger partial charge is 0.478 e. The molecule has 10 nitrogen and oxygen atoms in total. The first-order valence-corrected chi connectivity index (χ1v) is 13.6. The van der Waals surface area contributed by atoms with E-state index in [0.717, 1.165) is 6.42 Å². The number of halogens is 2. The zero-order valence-electron chi connectivity index (χ0n) is 22.0. The lowest BCUT2D eigenvalue weighted by Crippen LogP contribution is -2.50. The maximum Gasteiger partial charge on any atom is 0.335 e. The fourth-order valence-corrected chi connectivity index (χ4v) is 5.11. The van der Waals surface area contributed by atoms with Crippen LogP contribution in [0.2, 0.25) is 5.02 Å². The number of rotatable bonds is 9. The van der Waals surface area contributed by atoms with Crippen molar-refractivity contribution < 1.29 is 28.6 Å². The molecule has 12 heteroatoms. The Morgan fingerprint density at radius 1 is 1.15 bits per heavy atom. The molecule has 212 valence electrons. The van der Waals surface area contributed by atoms with E-state index in [1.165, 1.54) is 12.1 Å². The monoisotopic (exact) mass is 579 g/mol. The molecule has 0 spiro atoms. The number of benzene rings is 2. The molecule has 2 saturated heterocycles. The highest BCUT2D eigenvalue weighted by molar-refractivity contribution is 6.30. The molecule has 0 aliphatic carbocycles. The molecule has 4 heterocycles. The molecular formula is C29H27ClFN5O5. The maximum absolute atomic E-state index is 14.1. The van der Waals surface area contributed by atoms with Crippen molar-refractivity contribution in [1.29, 1.82) is 0 Å². The zero-order valence-corrected chi connectivity index (χ0v) is 22.8. The fourth-order valence-electron chi connectivity index (χ4n) is 4.96. The van der Waals surface area contributed by atoms with Crippen molar-refractivity contribution in [3.05, 3.63) is 82.4 Å². The third kappa shape index (κ3) is 5.82. The number of nitrogens with zero attached hydrogens (tertiary/aromatic N) is 5. The van der Waals surface area contributed by atoms with Gasteiger partial charge in [0.1, 0.15) is 24.1 Å². The summed E-state index contributed by atoms with van der Waals surface area (Å²) in [7, 11) is 0. The minimum atomic E-state index is -1.01. The van der Waals surface area contributed by atoms with Crippen molar-refractivity contribution in [1.82, 2.24) is 19.4 Å². The van der Waals surface area contributed by atoms with Gasteiger partial charge in [-0.2, -0.15) is 4.98 Å². The molecule has 1 N–H and O–H groups in total. The van der Waals surface area contributed by atoms with E-state index in [-0.39, 0.29) is 30.7 Å². The van der Waals surface area contributed by atoms with Crippen molar-refractivity contribution in [2.45, 2.75) is 32.2 Å². The lowest BCUT2D eigenvalue weighted by Gasteiger charge is -2.35. The first-order valence-electron chi connectivity index (χ1n) is 13.2. The molecule has 1 atom stereocenters. The Labute approximate surface area is 239 Å². The van der Waals surface area contributed by atoms with Crippen LogP contribution in [0.1, 0.15) is 28.2 Å². The van der Waals surface area contributed by atoms with E-state index in [1.807, 2.05) is 9.47 Å². The van der Waals surface area contributed by atoms with Crippen molar-refractivity contribution in [2.75, 3.05) is 31.1 Å². The number of pyridine rings is 1. The number of carboxylic acids is 1. The SMILES string of the molecule is O=C(O)c1ccc2nc(CN3CCN(c4cccc(OCc5ccc(Cl)cc5F)n4)CC3=O)n(CC3CCO3)c2c1. The highest BCUT2D eigenvalue weighted by Gasteiger charge is 2.28. The number of carbonyl (C=O) groups excluding carboxylic acids is 1. The molecule has 1 amide bonds. The summed E-state index contributed by atoms with van der Waals surface area (Å²) in [6.45, 7) is 2.64. The number of hydrogen-bond donors (Lipinski definition) is 1. The normalized spacial score (nSPS) is 17.1. The highest BCUT2D eigenvalue weighted by Crippen LogP contribution is 2.25. The van der Waals surface area contributed by atoms with E-state index >= 15 is 0 Å². The number of piperazine rings is 1. The van der Waals surface area contributed by atoms with Gasteiger partial charge in [-0.15, -0.1) is 0 Å². The van der Waals surface area contributed by atoms with Crippen molar-refractivity contribution >= 4 is 40.3 Å². The van der Waals surface area contributed by atoms with Gasteiger partial charge in [0, 0.05) is 36.3 Å². The van der Waals surface area contributed by atoms with Crippen LogP contribution in [0.15, 0.2) is 54.6 Å². The predicted molar refractivity (Wildman–Crippen MR) is 149 cm³/mol. The van der Waals surface area contributed by atoms with Crippen LogP contribution in [0.3, 0.4) is 0 Å². The Hall–Kier alpha value is -4.22. The van der Waals surface area contributed by atoms with Crippen LogP contribution >= 0.6 is 11.6 Å². The van der Waals surface area contributed by atoms with Crippen LogP contribution in [0.4, 0.5) is 10.2 Å². The number of carbonyl (C=O) groups is 2. The first-order chi connectivity index (χ1) is 19.8. The van der Waals surface area contributed by atoms with Gasteiger partial charge in [-0.3, -0.25) is 4.79 Å². The molecule has 2 aliphatic heterocycles.